The van der Waals surface area contributed by atoms with Gasteiger partial charge in [0.05, 0.1) is 13.1 Å². The third kappa shape index (κ3) is 3.89. The van der Waals surface area contributed by atoms with Crippen LogP contribution in [0.3, 0.4) is 0 Å². The molecule has 0 unspecified atom stereocenters. The van der Waals surface area contributed by atoms with Crippen LogP contribution in [0.2, 0.25) is 0 Å². The summed E-state index contributed by atoms with van der Waals surface area (Å²) in [6.45, 7) is 0.346. The maximum absolute atomic E-state index is 11.0. The van der Waals surface area contributed by atoms with Crippen LogP contribution in [0.1, 0.15) is 0 Å². The standard InChI is InChI=1S/C6H14N4O2/c7-1-2-10(4-5(9)11)6(12)3-8/h1-4,7-8H2,(H2,9,11). The molecule has 0 atom stereocenters. The monoisotopic (exact) mass is 174 g/mol. The lowest BCUT2D eigenvalue weighted by molar-refractivity contribution is -0.133. The van der Waals surface area contributed by atoms with Crippen molar-refractivity contribution >= 4 is 11.8 Å². The fraction of sp³-hybridized carbons (Fsp3) is 0.667. The van der Waals surface area contributed by atoms with Crippen molar-refractivity contribution in [2.24, 2.45) is 17.2 Å². The van der Waals surface area contributed by atoms with Crippen LogP contribution in [0.5, 0.6) is 0 Å². The van der Waals surface area contributed by atoms with Gasteiger partial charge in [0.1, 0.15) is 0 Å². The minimum Gasteiger partial charge on any atom is -0.368 e. The van der Waals surface area contributed by atoms with E-state index in [4.69, 9.17) is 17.2 Å². The molecule has 0 fully saturated rings. The lowest BCUT2D eigenvalue weighted by atomic mass is 10.4. The van der Waals surface area contributed by atoms with Gasteiger partial charge in [0.15, 0.2) is 0 Å². The second kappa shape index (κ2) is 5.50. The molecule has 0 spiro atoms. The highest BCUT2D eigenvalue weighted by Crippen LogP contribution is 1.86. The summed E-state index contributed by atoms with van der Waals surface area (Å²) in [5.74, 6) is -0.885. The first-order valence-corrected chi connectivity index (χ1v) is 3.58. The summed E-state index contributed by atoms with van der Waals surface area (Å²) in [5, 5.41) is 0. The normalized spacial score (nSPS) is 9.50. The van der Waals surface area contributed by atoms with Gasteiger partial charge < -0.3 is 22.1 Å². The summed E-state index contributed by atoms with van der Waals surface area (Å²) in [6.07, 6.45) is 0. The van der Waals surface area contributed by atoms with Crippen molar-refractivity contribution in [3.05, 3.63) is 0 Å². The van der Waals surface area contributed by atoms with Gasteiger partial charge in [-0.05, 0) is 0 Å². The molecule has 6 N–H and O–H groups in total. The summed E-state index contributed by atoms with van der Waals surface area (Å²) in [5.41, 5.74) is 15.2. The molecule has 0 aromatic heterocycles. The van der Waals surface area contributed by atoms with Gasteiger partial charge in [-0.15, -0.1) is 0 Å². The van der Waals surface area contributed by atoms with E-state index in [0.717, 1.165) is 0 Å². The lowest BCUT2D eigenvalue weighted by Crippen LogP contribution is -2.43. The SMILES string of the molecule is NCCN(CC(N)=O)C(=O)CN. The Morgan fingerprint density at radius 1 is 1.25 bits per heavy atom. The molecule has 6 nitrogen and oxygen atoms in total. The fourth-order valence-electron chi connectivity index (χ4n) is 0.765. The van der Waals surface area contributed by atoms with E-state index in [1.54, 1.807) is 0 Å². The summed E-state index contributed by atoms with van der Waals surface area (Å²) < 4.78 is 0. The molecular formula is C6H14N4O2. The van der Waals surface area contributed by atoms with Crippen molar-refractivity contribution in [3.63, 3.8) is 0 Å². The summed E-state index contributed by atoms with van der Waals surface area (Å²) >= 11 is 0. The van der Waals surface area contributed by atoms with E-state index in [9.17, 15) is 9.59 Å². The highest BCUT2D eigenvalue weighted by atomic mass is 16.2. The first kappa shape index (κ1) is 10.9. The molecule has 0 saturated heterocycles. The van der Waals surface area contributed by atoms with E-state index >= 15 is 0 Å². The molecule has 0 aliphatic carbocycles. The Balaban J connectivity index is 4.02. The second-order valence-corrected chi connectivity index (χ2v) is 2.27. The van der Waals surface area contributed by atoms with E-state index < -0.39 is 5.91 Å². The number of nitrogens with two attached hydrogens (primary N) is 3. The Hall–Kier alpha value is -1.14. The van der Waals surface area contributed by atoms with Gasteiger partial charge in [-0.3, -0.25) is 9.59 Å². The van der Waals surface area contributed by atoms with Crippen molar-refractivity contribution < 1.29 is 9.59 Å². The Bertz CT molecular complexity index is 171. The van der Waals surface area contributed by atoms with Crippen LogP contribution in [0.4, 0.5) is 0 Å². The molecule has 0 saturated carbocycles. The number of carbonyl (C=O) groups excluding carboxylic acids is 2. The second-order valence-electron chi connectivity index (χ2n) is 2.27. The number of carbonyl (C=O) groups is 2. The molecule has 6 heteroatoms. The van der Waals surface area contributed by atoms with Gasteiger partial charge in [0.25, 0.3) is 0 Å². The first-order valence-electron chi connectivity index (χ1n) is 3.58. The van der Waals surface area contributed by atoms with Crippen LogP contribution >= 0.6 is 0 Å². The Kier molecular flexibility index (Phi) is 4.98. The Morgan fingerprint density at radius 3 is 2.17 bits per heavy atom. The smallest absolute Gasteiger partial charge is 0.237 e. The van der Waals surface area contributed by atoms with Crippen LogP contribution in [-0.4, -0.2) is 42.9 Å². The summed E-state index contributed by atoms with van der Waals surface area (Å²) in [4.78, 5) is 22.7. The van der Waals surface area contributed by atoms with Gasteiger partial charge in [-0.2, -0.15) is 0 Å². The van der Waals surface area contributed by atoms with Gasteiger partial charge >= 0.3 is 0 Å². The third-order valence-electron chi connectivity index (χ3n) is 1.27. The first-order chi connectivity index (χ1) is 5.61. The zero-order valence-electron chi connectivity index (χ0n) is 6.82. The predicted molar refractivity (Wildman–Crippen MR) is 43.9 cm³/mol. The quantitative estimate of drug-likeness (QED) is 0.418. The Labute approximate surface area is 70.7 Å². The zero-order valence-corrected chi connectivity index (χ0v) is 6.82. The highest BCUT2D eigenvalue weighted by molar-refractivity contribution is 5.84. The molecule has 0 aromatic rings. The molecule has 0 heterocycles. The minimum atomic E-state index is -0.565. The van der Waals surface area contributed by atoms with Gasteiger partial charge in [-0.25, -0.2) is 0 Å². The average molecular weight is 174 g/mol. The number of hydrogen-bond donors (Lipinski definition) is 3. The number of primary amides is 1. The number of nitrogens with zero attached hydrogens (tertiary/aromatic N) is 1. The van der Waals surface area contributed by atoms with E-state index in [1.165, 1.54) is 4.90 Å². The van der Waals surface area contributed by atoms with Crippen molar-refractivity contribution in [1.82, 2.24) is 4.90 Å². The maximum Gasteiger partial charge on any atom is 0.237 e. The highest BCUT2D eigenvalue weighted by Gasteiger charge is 2.12. The molecule has 2 amide bonds. The Morgan fingerprint density at radius 2 is 1.83 bits per heavy atom. The molecule has 0 bridgehead atoms. The zero-order chi connectivity index (χ0) is 9.56. The van der Waals surface area contributed by atoms with E-state index in [0.29, 0.717) is 13.1 Å². The van der Waals surface area contributed by atoms with Crippen molar-refractivity contribution in [2.75, 3.05) is 26.2 Å². The largest absolute Gasteiger partial charge is 0.368 e. The van der Waals surface area contributed by atoms with Crippen LogP contribution < -0.4 is 17.2 Å². The number of hydrogen-bond acceptors (Lipinski definition) is 4. The molecule has 0 aromatic carbocycles. The van der Waals surface area contributed by atoms with E-state index in [-0.39, 0.29) is 19.0 Å². The molecular weight excluding hydrogens is 160 g/mol. The molecule has 70 valence electrons. The molecule has 0 aliphatic rings. The molecule has 0 rings (SSSR count). The molecule has 0 radical (unpaired) electrons. The summed E-state index contributed by atoms with van der Waals surface area (Å²) in [7, 11) is 0. The van der Waals surface area contributed by atoms with E-state index in [2.05, 4.69) is 0 Å². The lowest BCUT2D eigenvalue weighted by Gasteiger charge is -2.18. The number of rotatable bonds is 5. The van der Waals surface area contributed by atoms with Gasteiger partial charge in [-0.1, -0.05) is 0 Å². The van der Waals surface area contributed by atoms with Crippen molar-refractivity contribution in [3.8, 4) is 0 Å². The van der Waals surface area contributed by atoms with Crippen LogP contribution in [-0.2, 0) is 9.59 Å². The van der Waals surface area contributed by atoms with Gasteiger partial charge in [0.2, 0.25) is 11.8 Å². The minimum absolute atomic E-state index is 0.118. The van der Waals surface area contributed by atoms with E-state index in [1.807, 2.05) is 0 Å². The van der Waals surface area contributed by atoms with Crippen LogP contribution in [0, 0.1) is 0 Å². The average Bonchev–Trinajstić information content (AvgIpc) is 2.01. The fourth-order valence-corrected chi connectivity index (χ4v) is 0.765. The van der Waals surface area contributed by atoms with Crippen LogP contribution in [0.15, 0.2) is 0 Å². The maximum atomic E-state index is 11.0. The van der Waals surface area contributed by atoms with Gasteiger partial charge in [0, 0.05) is 13.1 Å². The molecule has 12 heavy (non-hydrogen) atoms. The van der Waals surface area contributed by atoms with Crippen molar-refractivity contribution in [2.45, 2.75) is 0 Å². The van der Waals surface area contributed by atoms with Crippen molar-refractivity contribution in [1.29, 1.82) is 0 Å². The topological polar surface area (TPSA) is 115 Å². The summed E-state index contributed by atoms with van der Waals surface area (Å²) in [6, 6.07) is 0. The predicted octanol–water partition coefficient (Wildman–Crippen LogP) is -2.78. The molecule has 0 aliphatic heterocycles. The van der Waals surface area contributed by atoms with Crippen LogP contribution in [0.25, 0.3) is 0 Å². The number of amides is 2. The third-order valence-corrected chi connectivity index (χ3v) is 1.27.